The lowest BCUT2D eigenvalue weighted by atomic mass is 9.95. The molecule has 3 heterocycles. The van der Waals surface area contributed by atoms with Crippen molar-refractivity contribution >= 4 is 16.9 Å². The maximum Gasteiger partial charge on any atom is 0.161 e. The number of hydrogen-bond donors (Lipinski definition) is 1. The van der Waals surface area contributed by atoms with Crippen molar-refractivity contribution in [2.24, 2.45) is 4.99 Å². The third kappa shape index (κ3) is 2.92. The number of aromatic hydroxyl groups is 1. The molecule has 1 saturated heterocycles. The van der Waals surface area contributed by atoms with E-state index < -0.39 is 0 Å². The van der Waals surface area contributed by atoms with Gasteiger partial charge in [0.05, 0.1) is 18.3 Å². The van der Waals surface area contributed by atoms with Crippen molar-refractivity contribution in [1.82, 2.24) is 9.88 Å². The molecule has 0 unspecified atom stereocenters. The third-order valence-electron chi connectivity index (χ3n) is 4.95. The lowest BCUT2D eigenvalue weighted by molar-refractivity contribution is 0.253. The lowest BCUT2D eigenvalue weighted by Crippen LogP contribution is -2.35. The SMILES string of the molecule is CCOc1cc([C@@H]2[C@@H](c3ccccn3)N=C3SC[C@H](CC)N32)ccc1O. The zero-order chi connectivity index (χ0) is 18.1. The number of pyridine rings is 1. The van der Waals surface area contributed by atoms with E-state index in [0.717, 1.165) is 28.6 Å². The predicted octanol–water partition coefficient (Wildman–Crippen LogP) is 4.17. The first-order valence-corrected chi connectivity index (χ1v) is 10.1. The molecule has 0 amide bonds. The second-order valence-corrected chi connectivity index (χ2v) is 7.48. The first-order chi connectivity index (χ1) is 12.7. The van der Waals surface area contributed by atoms with Gasteiger partial charge in [0.2, 0.25) is 0 Å². The fourth-order valence-electron chi connectivity index (χ4n) is 3.70. The van der Waals surface area contributed by atoms with Crippen LogP contribution in [-0.4, -0.2) is 38.6 Å². The number of amidine groups is 1. The zero-order valence-corrected chi connectivity index (χ0v) is 15.8. The Labute approximate surface area is 158 Å². The Morgan fingerprint density at radius 1 is 1.27 bits per heavy atom. The first-order valence-electron chi connectivity index (χ1n) is 9.08. The number of benzene rings is 1. The number of thioether (sulfide) groups is 1. The minimum Gasteiger partial charge on any atom is -0.504 e. The number of phenols is 1. The first kappa shape index (κ1) is 17.2. The summed E-state index contributed by atoms with van der Waals surface area (Å²) in [5, 5.41) is 11.2. The summed E-state index contributed by atoms with van der Waals surface area (Å²) in [6.07, 6.45) is 2.90. The van der Waals surface area contributed by atoms with Crippen molar-refractivity contribution in [2.45, 2.75) is 38.4 Å². The Morgan fingerprint density at radius 2 is 2.15 bits per heavy atom. The van der Waals surface area contributed by atoms with Crippen molar-refractivity contribution in [3.05, 3.63) is 53.9 Å². The van der Waals surface area contributed by atoms with Gasteiger partial charge in [0, 0.05) is 18.0 Å². The Balaban J connectivity index is 1.78. The Kier molecular flexibility index (Phi) is 4.76. The average Bonchev–Trinajstić information content (AvgIpc) is 3.23. The number of aromatic nitrogens is 1. The molecular formula is C20H23N3O2S. The molecule has 3 atom stereocenters. The van der Waals surface area contributed by atoms with Gasteiger partial charge < -0.3 is 14.7 Å². The van der Waals surface area contributed by atoms with Gasteiger partial charge in [0.1, 0.15) is 6.04 Å². The molecule has 4 rings (SSSR count). The highest BCUT2D eigenvalue weighted by molar-refractivity contribution is 8.14. The Bertz CT molecular complexity index is 812. The van der Waals surface area contributed by atoms with Crippen molar-refractivity contribution in [3.63, 3.8) is 0 Å². The Hall–Kier alpha value is -2.21. The van der Waals surface area contributed by atoms with Crippen molar-refractivity contribution in [3.8, 4) is 11.5 Å². The van der Waals surface area contributed by atoms with Crippen LogP contribution in [0.3, 0.4) is 0 Å². The minimum atomic E-state index is -0.0490. The van der Waals surface area contributed by atoms with Gasteiger partial charge in [-0.2, -0.15) is 0 Å². The fraction of sp³-hybridized carbons (Fsp3) is 0.400. The molecule has 26 heavy (non-hydrogen) atoms. The van der Waals surface area contributed by atoms with E-state index in [1.807, 2.05) is 55.2 Å². The number of hydrogen-bond acceptors (Lipinski definition) is 6. The number of aliphatic imine (C=N–C) groups is 1. The average molecular weight is 369 g/mol. The van der Waals surface area contributed by atoms with E-state index in [2.05, 4.69) is 16.8 Å². The topological polar surface area (TPSA) is 58.0 Å². The molecule has 2 aromatic rings. The van der Waals surface area contributed by atoms with E-state index in [4.69, 9.17) is 9.73 Å². The van der Waals surface area contributed by atoms with Crippen LogP contribution in [0.1, 0.15) is 43.6 Å². The minimum absolute atomic E-state index is 0.0490. The third-order valence-corrected chi connectivity index (χ3v) is 6.08. The summed E-state index contributed by atoms with van der Waals surface area (Å²) < 4.78 is 5.62. The van der Waals surface area contributed by atoms with Gasteiger partial charge >= 0.3 is 0 Å². The number of nitrogens with zero attached hydrogens (tertiary/aromatic N) is 3. The van der Waals surface area contributed by atoms with Crippen molar-refractivity contribution in [2.75, 3.05) is 12.4 Å². The molecule has 0 saturated carbocycles. The molecule has 6 heteroatoms. The molecular weight excluding hydrogens is 346 g/mol. The molecule has 0 radical (unpaired) electrons. The highest BCUT2D eigenvalue weighted by Crippen LogP contribution is 2.49. The standard InChI is InChI=1S/C20H23N3O2S/c1-3-14-12-26-20-22-18(15-7-5-6-10-21-15)19(23(14)20)13-8-9-16(24)17(11-13)25-4-2/h5-11,14,18-19,24H,3-4,12H2,1-2H3/t14-,18+,19+/m0/s1. The van der Waals surface area contributed by atoms with Gasteiger partial charge in [0.15, 0.2) is 16.7 Å². The molecule has 0 spiro atoms. The smallest absolute Gasteiger partial charge is 0.161 e. The lowest BCUT2D eigenvalue weighted by Gasteiger charge is -2.32. The Morgan fingerprint density at radius 3 is 2.88 bits per heavy atom. The predicted molar refractivity (Wildman–Crippen MR) is 105 cm³/mol. The summed E-state index contributed by atoms with van der Waals surface area (Å²) in [6.45, 7) is 4.66. The summed E-state index contributed by atoms with van der Waals surface area (Å²) in [6, 6.07) is 12.1. The zero-order valence-electron chi connectivity index (χ0n) is 15.0. The van der Waals surface area contributed by atoms with E-state index in [0.29, 0.717) is 18.4 Å². The number of phenolic OH excluding ortho intramolecular Hbond substituents is 1. The molecule has 1 aromatic carbocycles. The molecule has 2 aliphatic heterocycles. The van der Waals surface area contributed by atoms with Crippen LogP contribution in [0, 0.1) is 0 Å². The van der Waals surface area contributed by atoms with Gasteiger partial charge in [0.25, 0.3) is 0 Å². The molecule has 0 bridgehead atoms. The summed E-state index contributed by atoms with van der Waals surface area (Å²) in [4.78, 5) is 12.0. The molecule has 136 valence electrons. The second-order valence-electron chi connectivity index (χ2n) is 6.50. The van der Waals surface area contributed by atoms with Gasteiger partial charge in [-0.1, -0.05) is 30.8 Å². The highest BCUT2D eigenvalue weighted by Gasteiger charge is 2.45. The fourth-order valence-corrected chi connectivity index (χ4v) is 5.03. The van der Waals surface area contributed by atoms with Crippen LogP contribution in [0.2, 0.25) is 0 Å². The largest absolute Gasteiger partial charge is 0.504 e. The highest BCUT2D eigenvalue weighted by atomic mass is 32.2. The van der Waals surface area contributed by atoms with Crippen LogP contribution < -0.4 is 4.74 Å². The van der Waals surface area contributed by atoms with E-state index in [9.17, 15) is 5.11 Å². The van der Waals surface area contributed by atoms with E-state index in [1.54, 1.807) is 6.07 Å². The van der Waals surface area contributed by atoms with Crippen LogP contribution in [0.15, 0.2) is 47.6 Å². The summed E-state index contributed by atoms with van der Waals surface area (Å²) in [5.74, 6) is 1.77. The summed E-state index contributed by atoms with van der Waals surface area (Å²) in [7, 11) is 0. The maximum absolute atomic E-state index is 10.1. The van der Waals surface area contributed by atoms with Crippen molar-refractivity contribution in [1.29, 1.82) is 0 Å². The molecule has 0 aliphatic carbocycles. The monoisotopic (exact) mass is 369 g/mol. The second kappa shape index (κ2) is 7.19. The molecule has 1 aromatic heterocycles. The summed E-state index contributed by atoms with van der Waals surface area (Å²) in [5.41, 5.74) is 2.07. The maximum atomic E-state index is 10.1. The number of ether oxygens (including phenoxy) is 1. The van der Waals surface area contributed by atoms with Crippen LogP contribution in [0.4, 0.5) is 0 Å². The molecule has 1 fully saturated rings. The molecule has 2 aliphatic rings. The van der Waals surface area contributed by atoms with Crippen LogP contribution in [0.25, 0.3) is 0 Å². The van der Waals surface area contributed by atoms with E-state index >= 15 is 0 Å². The number of rotatable bonds is 5. The number of fused-ring (bicyclic) bond motifs is 1. The van der Waals surface area contributed by atoms with Crippen LogP contribution in [0.5, 0.6) is 11.5 Å². The normalized spacial score (nSPS) is 24.5. The van der Waals surface area contributed by atoms with Gasteiger partial charge in [-0.05, 0) is 43.2 Å². The van der Waals surface area contributed by atoms with Gasteiger partial charge in [-0.15, -0.1) is 0 Å². The van der Waals surface area contributed by atoms with E-state index in [1.165, 1.54) is 0 Å². The van der Waals surface area contributed by atoms with Gasteiger partial charge in [-0.25, -0.2) is 0 Å². The quantitative estimate of drug-likeness (QED) is 0.857. The van der Waals surface area contributed by atoms with Crippen molar-refractivity contribution < 1.29 is 9.84 Å². The van der Waals surface area contributed by atoms with Crippen LogP contribution >= 0.6 is 11.8 Å². The van der Waals surface area contributed by atoms with Gasteiger partial charge in [-0.3, -0.25) is 9.98 Å². The van der Waals surface area contributed by atoms with E-state index in [-0.39, 0.29) is 17.8 Å². The van der Waals surface area contributed by atoms with Crippen LogP contribution in [-0.2, 0) is 0 Å². The summed E-state index contributed by atoms with van der Waals surface area (Å²) >= 11 is 1.83. The molecule has 5 nitrogen and oxygen atoms in total. The molecule has 1 N–H and O–H groups in total.